The van der Waals surface area contributed by atoms with Gasteiger partial charge in [-0.3, -0.25) is 9.59 Å². The van der Waals surface area contributed by atoms with Crippen molar-refractivity contribution >= 4 is 11.8 Å². The van der Waals surface area contributed by atoms with Gasteiger partial charge in [0.2, 0.25) is 0 Å². The topological polar surface area (TPSA) is 154 Å². The van der Waals surface area contributed by atoms with Crippen LogP contribution in [-0.2, 0) is 19.1 Å². The van der Waals surface area contributed by atoms with Crippen LogP contribution in [0.3, 0.4) is 0 Å². The second-order valence-corrected chi connectivity index (χ2v) is 16.3. The van der Waals surface area contributed by atoms with Gasteiger partial charge in [0.05, 0.1) is 18.6 Å². The molecule has 9 nitrogen and oxygen atoms in total. The van der Waals surface area contributed by atoms with Crippen LogP contribution in [0.4, 0.5) is 0 Å². The van der Waals surface area contributed by atoms with E-state index >= 15 is 0 Å². The van der Waals surface area contributed by atoms with Gasteiger partial charge in [0.1, 0.15) is 30.2 Å². The zero-order chi connectivity index (χ0) is 33.3. The first kappa shape index (κ1) is 34.7. The number of ketones is 1. The van der Waals surface area contributed by atoms with Crippen LogP contribution in [0.2, 0.25) is 0 Å². The minimum absolute atomic E-state index is 0.0255. The summed E-state index contributed by atoms with van der Waals surface area (Å²) in [7, 11) is 0. The molecule has 0 aromatic rings. The molecule has 0 aromatic carbocycles. The zero-order valence-electron chi connectivity index (χ0n) is 28.2. The number of Topliss-reactive ketones (excluding diaryl/α,β-unsaturated/α-hetero) is 1. The van der Waals surface area contributed by atoms with Crippen LogP contribution in [0.25, 0.3) is 0 Å². The first-order chi connectivity index (χ1) is 20.9. The molecule has 2 saturated carbocycles. The maximum absolute atomic E-state index is 13.3. The Kier molecular flexibility index (Phi) is 9.35. The normalized spacial score (nSPS) is 44.9. The van der Waals surface area contributed by atoms with Crippen LogP contribution >= 0.6 is 0 Å². The molecule has 0 radical (unpaired) electrons. The summed E-state index contributed by atoms with van der Waals surface area (Å²) in [5.41, 5.74) is 2.08. The lowest BCUT2D eigenvalue weighted by atomic mass is 9.43. The fourth-order valence-corrected chi connectivity index (χ4v) is 10.6. The van der Waals surface area contributed by atoms with E-state index in [1.54, 1.807) is 0 Å². The molecule has 9 heteroatoms. The number of carboxylic acids is 1. The van der Waals surface area contributed by atoms with Gasteiger partial charge in [-0.2, -0.15) is 0 Å². The number of carbonyl (C=O) groups is 2. The van der Waals surface area contributed by atoms with Gasteiger partial charge < -0.3 is 35.0 Å². The molecule has 1 unspecified atom stereocenters. The molecule has 45 heavy (non-hydrogen) atoms. The van der Waals surface area contributed by atoms with Crippen molar-refractivity contribution in [2.75, 3.05) is 6.61 Å². The highest BCUT2D eigenvalue weighted by atomic mass is 16.7. The molecule has 1 saturated heterocycles. The van der Waals surface area contributed by atoms with Gasteiger partial charge in [0.25, 0.3) is 0 Å². The summed E-state index contributed by atoms with van der Waals surface area (Å²) in [6.45, 7) is 14.4. The lowest BCUT2D eigenvalue weighted by molar-refractivity contribution is -0.312. The Bertz CT molecular complexity index is 1230. The van der Waals surface area contributed by atoms with Crippen LogP contribution in [0.15, 0.2) is 22.8 Å². The summed E-state index contributed by atoms with van der Waals surface area (Å²) in [5.74, 6) is -1.04. The summed E-state index contributed by atoms with van der Waals surface area (Å²) in [6.07, 6.45) is 0.898. The Hall–Kier alpha value is -1.62. The average Bonchev–Trinajstić information content (AvgIpc) is 3.24. The molecule has 0 aromatic heterocycles. The number of aliphatic carboxylic acids is 1. The van der Waals surface area contributed by atoms with Crippen LogP contribution in [0.5, 0.6) is 0 Å². The predicted molar refractivity (Wildman–Crippen MR) is 168 cm³/mol. The van der Waals surface area contributed by atoms with Gasteiger partial charge in [-0.25, -0.2) is 0 Å². The molecule has 0 bridgehead atoms. The van der Waals surface area contributed by atoms with E-state index in [0.717, 1.165) is 44.1 Å². The second-order valence-electron chi connectivity index (χ2n) is 16.3. The van der Waals surface area contributed by atoms with E-state index in [-0.39, 0.29) is 28.4 Å². The summed E-state index contributed by atoms with van der Waals surface area (Å²) in [6, 6.07) is 0. The molecular weight excluding hydrogens is 576 g/mol. The van der Waals surface area contributed by atoms with Crippen LogP contribution in [0, 0.1) is 39.4 Å². The van der Waals surface area contributed by atoms with Crippen LogP contribution in [-0.4, -0.2) is 80.7 Å². The predicted octanol–water partition coefficient (Wildman–Crippen LogP) is 4.55. The van der Waals surface area contributed by atoms with E-state index in [4.69, 9.17) is 9.47 Å². The molecule has 5 N–H and O–H groups in total. The molecule has 254 valence electrons. The van der Waals surface area contributed by atoms with Gasteiger partial charge in [0, 0.05) is 11.8 Å². The number of hydrogen-bond donors (Lipinski definition) is 5. The van der Waals surface area contributed by atoms with Crippen molar-refractivity contribution in [3.05, 3.63) is 22.8 Å². The quantitative estimate of drug-likeness (QED) is 0.243. The van der Waals surface area contributed by atoms with Crippen molar-refractivity contribution in [2.24, 2.45) is 39.4 Å². The third-order valence-electron chi connectivity index (χ3n) is 13.5. The van der Waals surface area contributed by atoms with Gasteiger partial charge in [0.15, 0.2) is 6.29 Å². The third kappa shape index (κ3) is 5.38. The van der Waals surface area contributed by atoms with Crippen molar-refractivity contribution in [3.8, 4) is 0 Å². The summed E-state index contributed by atoms with van der Waals surface area (Å²) < 4.78 is 12.6. The molecule has 5 aliphatic rings. The van der Waals surface area contributed by atoms with Crippen molar-refractivity contribution in [2.45, 2.75) is 143 Å². The highest BCUT2D eigenvalue weighted by molar-refractivity contribution is 5.86. The number of fused-ring (bicyclic) bond motifs is 4. The summed E-state index contributed by atoms with van der Waals surface area (Å²) >= 11 is 0. The van der Waals surface area contributed by atoms with Crippen LogP contribution in [0.1, 0.15) is 106 Å². The highest BCUT2D eigenvalue weighted by Crippen LogP contribution is 2.72. The van der Waals surface area contributed by atoms with Gasteiger partial charge in [-0.15, -0.1) is 0 Å². The maximum atomic E-state index is 13.3. The Labute approximate surface area is 268 Å². The SMILES string of the molecule is CC(C)=CCC[C@H](C(=O)O)[C@H]1CC[C@@]2(C)C3=C(CC[C@]12C)[C@@]1(C)CCC(=O)C(C)(C)C1C[C@H]3O[C@@H]1O[C@H](CO)[C@@H](O)[C@H](O)[C@H]1O. The Balaban J connectivity index is 1.59. The minimum Gasteiger partial charge on any atom is -0.481 e. The molecule has 0 spiro atoms. The van der Waals surface area contributed by atoms with Gasteiger partial charge in [-0.1, -0.05) is 51.8 Å². The number of rotatable bonds is 8. The number of ether oxygens (including phenoxy) is 2. The van der Waals surface area contributed by atoms with Crippen molar-refractivity contribution in [3.63, 3.8) is 0 Å². The van der Waals surface area contributed by atoms with Gasteiger partial charge >= 0.3 is 5.97 Å². The molecule has 0 amide bonds. The van der Waals surface area contributed by atoms with Crippen molar-refractivity contribution < 1.29 is 44.6 Å². The van der Waals surface area contributed by atoms with Crippen molar-refractivity contribution in [1.29, 1.82) is 0 Å². The molecule has 1 heterocycles. The number of aliphatic hydroxyl groups is 4. The fourth-order valence-electron chi connectivity index (χ4n) is 10.6. The summed E-state index contributed by atoms with van der Waals surface area (Å²) in [4.78, 5) is 26.1. The van der Waals surface area contributed by atoms with E-state index in [1.165, 1.54) is 11.1 Å². The number of aliphatic hydroxyl groups excluding tert-OH is 4. The van der Waals surface area contributed by atoms with E-state index in [2.05, 4.69) is 26.8 Å². The number of hydrogen-bond acceptors (Lipinski definition) is 8. The first-order valence-electron chi connectivity index (χ1n) is 17.0. The Morgan fingerprint density at radius 1 is 1.02 bits per heavy atom. The summed E-state index contributed by atoms with van der Waals surface area (Å²) in [5, 5.41) is 52.3. The molecule has 4 aliphatic carbocycles. The lowest BCUT2D eigenvalue weighted by Gasteiger charge is -2.62. The van der Waals surface area contributed by atoms with Crippen molar-refractivity contribution in [1.82, 2.24) is 0 Å². The second kappa shape index (κ2) is 12.1. The highest BCUT2D eigenvalue weighted by Gasteiger charge is 2.66. The van der Waals surface area contributed by atoms with E-state index in [0.29, 0.717) is 19.3 Å². The number of carboxylic acid groups (broad SMARTS) is 1. The molecule has 12 atom stereocenters. The molecule has 5 rings (SSSR count). The standard InChI is InChI=1S/C36H56O9/c1-19(2)9-8-10-20(31(42)43)21-11-16-36(7)27-22(12-15-35(21,36)6)34(5)14-13-26(38)33(3,4)25(34)17-23(27)44-32-30(41)29(40)28(39)24(18-37)45-32/h9,20-21,23-25,28-30,32,37,39-41H,8,10-18H2,1-7H3,(H,42,43)/t20-,21+,23+,24+,25?,28+,29-,30+,32+,34+,35+,36-/m0/s1. The van der Waals surface area contributed by atoms with E-state index in [1.807, 2.05) is 27.7 Å². The molecule has 3 fully saturated rings. The lowest BCUT2D eigenvalue weighted by Crippen LogP contribution is -2.61. The zero-order valence-corrected chi connectivity index (χ0v) is 28.2. The Morgan fingerprint density at radius 3 is 2.33 bits per heavy atom. The smallest absolute Gasteiger partial charge is 0.306 e. The minimum atomic E-state index is -1.56. The largest absolute Gasteiger partial charge is 0.481 e. The van der Waals surface area contributed by atoms with Gasteiger partial charge in [-0.05, 0) is 98.9 Å². The monoisotopic (exact) mass is 632 g/mol. The average molecular weight is 633 g/mol. The van der Waals surface area contributed by atoms with E-state index in [9.17, 15) is 35.1 Å². The first-order valence-corrected chi connectivity index (χ1v) is 17.0. The number of carbonyl (C=O) groups excluding carboxylic acids is 1. The molecular formula is C36H56O9. The maximum Gasteiger partial charge on any atom is 0.306 e. The fraction of sp³-hybridized carbons (Fsp3) is 0.833. The van der Waals surface area contributed by atoms with Crippen LogP contribution < -0.4 is 0 Å². The van der Waals surface area contributed by atoms with E-state index < -0.39 is 66.1 Å². The number of allylic oxidation sites excluding steroid dienone is 3. The Morgan fingerprint density at radius 2 is 1.71 bits per heavy atom. The molecule has 1 aliphatic heterocycles. The third-order valence-corrected chi connectivity index (χ3v) is 13.5.